The van der Waals surface area contributed by atoms with E-state index in [0.29, 0.717) is 12.2 Å². The molecule has 1 aromatic rings. The SMILES string of the molecule is Cc1[nH]ncc1S(=O)(=O)N1CCCC(C)C1N. The highest BCUT2D eigenvalue weighted by Crippen LogP contribution is 2.27. The van der Waals surface area contributed by atoms with Crippen molar-refractivity contribution in [3.8, 4) is 0 Å². The van der Waals surface area contributed by atoms with E-state index in [0.717, 1.165) is 12.8 Å². The zero-order valence-corrected chi connectivity index (χ0v) is 10.9. The molecule has 1 saturated heterocycles. The Morgan fingerprint density at radius 1 is 1.59 bits per heavy atom. The molecule has 2 rings (SSSR count). The van der Waals surface area contributed by atoms with Crippen molar-refractivity contribution in [2.24, 2.45) is 11.7 Å². The van der Waals surface area contributed by atoms with Crippen LogP contribution in [0, 0.1) is 12.8 Å². The summed E-state index contributed by atoms with van der Waals surface area (Å²) in [6, 6.07) is 0. The van der Waals surface area contributed by atoms with E-state index in [-0.39, 0.29) is 10.8 Å². The topological polar surface area (TPSA) is 92.1 Å². The van der Waals surface area contributed by atoms with Gasteiger partial charge in [-0.2, -0.15) is 9.40 Å². The Bertz CT molecular complexity index is 496. The van der Waals surface area contributed by atoms with Crippen molar-refractivity contribution in [3.05, 3.63) is 11.9 Å². The maximum Gasteiger partial charge on any atom is 0.247 e. The molecule has 0 bridgehead atoms. The van der Waals surface area contributed by atoms with E-state index < -0.39 is 16.2 Å². The predicted molar refractivity (Wildman–Crippen MR) is 63.6 cm³/mol. The summed E-state index contributed by atoms with van der Waals surface area (Å²) in [5, 5.41) is 6.40. The van der Waals surface area contributed by atoms with E-state index in [2.05, 4.69) is 10.2 Å². The lowest BCUT2D eigenvalue weighted by atomic mass is 9.99. The molecular formula is C10H18N4O2S. The van der Waals surface area contributed by atoms with Gasteiger partial charge >= 0.3 is 0 Å². The fraction of sp³-hybridized carbons (Fsp3) is 0.700. The number of nitrogens with one attached hydrogen (secondary N) is 1. The normalized spacial score (nSPS) is 27.2. The summed E-state index contributed by atoms with van der Waals surface area (Å²) in [7, 11) is -3.52. The average Bonchev–Trinajstić information content (AvgIpc) is 2.69. The van der Waals surface area contributed by atoms with Gasteiger partial charge in [0.25, 0.3) is 0 Å². The molecule has 1 aromatic heterocycles. The van der Waals surface area contributed by atoms with E-state index in [1.54, 1.807) is 6.92 Å². The lowest BCUT2D eigenvalue weighted by Crippen LogP contribution is -2.52. The number of nitrogens with two attached hydrogens (primary N) is 1. The number of aromatic nitrogens is 2. The van der Waals surface area contributed by atoms with Crippen LogP contribution in [0.4, 0.5) is 0 Å². The van der Waals surface area contributed by atoms with Crippen LogP contribution >= 0.6 is 0 Å². The van der Waals surface area contributed by atoms with Crippen LogP contribution in [0.5, 0.6) is 0 Å². The zero-order chi connectivity index (χ0) is 12.6. The monoisotopic (exact) mass is 258 g/mol. The van der Waals surface area contributed by atoms with E-state index in [1.807, 2.05) is 6.92 Å². The Labute approximate surface area is 101 Å². The summed E-state index contributed by atoms with van der Waals surface area (Å²) < 4.78 is 26.2. The van der Waals surface area contributed by atoms with Gasteiger partial charge in [-0.15, -0.1) is 0 Å². The molecule has 2 unspecified atom stereocenters. The van der Waals surface area contributed by atoms with Gasteiger partial charge in [0.1, 0.15) is 4.90 Å². The highest BCUT2D eigenvalue weighted by atomic mass is 32.2. The van der Waals surface area contributed by atoms with Crippen molar-refractivity contribution in [2.45, 2.75) is 37.8 Å². The molecule has 3 N–H and O–H groups in total. The molecule has 0 saturated carbocycles. The van der Waals surface area contributed by atoms with Crippen molar-refractivity contribution in [2.75, 3.05) is 6.54 Å². The first-order valence-electron chi connectivity index (χ1n) is 5.72. The molecule has 7 heteroatoms. The summed E-state index contributed by atoms with van der Waals surface area (Å²) >= 11 is 0. The van der Waals surface area contributed by atoms with Gasteiger partial charge in [0.15, 0.2) is 0 Å². The van der Waals surface area contributed by atoms with Crippen molar-refractivity contribution in [1.82, 2.24) is 14.5 Å². The van der Waals surface area contributed by atoms with Gasteiger partial charge in [0.2, 0.25) is 10.0 Å². The second-order valence-corrected chi connectivity index (χ2v) is 6.44. The maximum absolute atomic E-state index is 12.4. The number of aromatic amines is 1. The second-order valence-electron chi connectivity index (χ2n) is 4.59. The van der Waals surface area contributed by atoms with E-state index >= 15 is 0 Å². The molecular weight excluding hydrogens is 240 g/mol. The largest absolute Gasteiger partial charge is 0.315 e. The van der Waals surface area contributed by atoms with E-state index in [1.165, 1.54) is 10.5 Å². The lowest BCUT2D eigenvalue weighted by molar-refractivity contribution is 0.192. The van der Waals surface area contributed by atoms with Crippen LogP contribution in [0.1, 0.15) is 25.5 Å². The third kappa shape index (κ3) is 2.10. The third-order valence-corrected chi connectivity index (χ3v) is 5.33. The number of aryl methyl sites for hydroxylation is 1. The smallest absolute Gasteiger partial charge is 0.247 e. The number of H-pyrrole nitrogens is 1. The first-order chi connectivity index (χ1) is 7.94. The summed E-state index contributed by atoms with van der Waals surface area (Å²) in [6.45, 7) is 4.16. The minimum absolute atomic E-state index is 0.186. The van der Waals surface area contributed by atoms with Gasteiger partial charge in [-0.05, 0) is 25.7 Å². The van der Waals surface area contributed by atoms with Crippen molar-refractivity contribution in [1.29, 1.82) is 0 Å². The fourth-order valence-electron chi connectivity index (χ4n) is 2.18. The second kappa shape index (κ2) is 4.40. The van der Waals surface area contributed by atoms with Gasteiger partial charge in [0, 0.05) is 6.54 Å². The molecule has 0 aromatic carbocycles. The van der Waals surface area contributed by atoms with E-state index in [9.17, 15) is 8.42 Å². The van der Waals surface area contributed by atoms with Crippen molar-refractivity contribution >= 4 is 10.0 Å². The molecule has 1 fully saturated rings. The highest BCUT2D eigenvalue weighted by Gasteiger charge is 2.36. The molecule has 0 aliphatic carbocycles. The molecule has 0 radical (unpaired) electrons. The van der Waals surface area contributed by atoms with Crippen LogP contribution in [-0.4, -0.2) is 35.6 Å². The van der Waals surface area contributed by atoms with Gasteiger partial charge < -0.3 is 5.73 Å². The number of nitrogens with zero attached hydrogens (tertiary/aromatic N) is 2. The summed E-state index contributed by atoms with van der Waals surface area (Å²) in [5.74, 6) is 0.186. The summed E-state index contributed by atoms with van der Waals surface area (Å²) in [6.07, 6.45) is 2.72. The Balaban J connectivity index is 2.36. The maximum atomic E-state index is 12.4. The molecule has 96 valence electrons. The number of hydrogen-bond acceptors (Lipinski definition) is 4. The molecule has 2 heterocycles. The van der Waals surface area contributed by atoms with Crippen LogP contribution in [0.15, 0.2) is 11.1 Å². The van der Waals surface area contributed by atoms with Crippen molar-refractivity contribution < 1.29 is 8.42 Å². The van der Waals surface area contributed by atoms with Crippen LogP contribution in [0.3, 0.4) is 0 Å². The molecule has 17 heavy (non-hydrogen) atoms. The predicted octanol–water partition coefficient (Wildman–Crippen LogP) is 0.424. The lowest BCUT2D eigenvalue weighted by Gasteiger charge is -2.36. The van der Waals surface area contributed by atoms with Gasteiger partial charge in [0.05, 0.1) is 18.1 Å². The third-order valence-electron chi connectivity index (χ3n) is 3.32. The molecule has 2 atom stereocenters. The van der Waals surface area contributed by atoms with E-state index in [4.69, 9.17) is 5.73 Å². The van der Waals surface area contributed by atoms with Crippen LogP contribution in [0.25, 0.3) is 0 Å². The molecule has 6 nitrogen and oxygen atoms in total. The Kier molecular flexibility index (Phi) is 3.24. The first kappa shape index (κ1) is 12.5. The van der Waals surface area contributed by atoms with Gasteiger partial charge in [-0.3, -0.25) is 5.10 Å². The average molecular weight is 258 g/mol. The summed E-state index contributed by atoms with van der Waals surface area (Å²) in [5.41, 5.74) is 6.53. The summed E-state index contributed by atoms with van der Waals surface area (Å²) in [4.78, 5) is 0.224. The minimum atomic E-state index is -3.52. The standard InChI is InChI=1S/C10H18N4O2S/c1-7-4-3-5-14(10(7)11)17(15,16)9-6-12-13-8(9)2/h6-7,10H,3-5,11H2,1-2H3,(H,12,13). The minimum Gasteiger partial charge on any atom is -0.315 e. The Hall–Kier alpha value is -0.920. The number of rotatable bonds is 2. The molecule has 0 amide bonds. The van der Waals surface area contributed by atoms with Crippen molar-refractivity contribution in [3.63, 3.8) is 0 Å². The van der Waals surface area contributed by atoms with Gasteiger partial charge in [-0.25, -0.2) is 8.42 Å². The number of hydrogen-bond donors (Lipinski definition) is 2. The molecule has 1 aliphatic rings. The highest BCUT2D eigenvalue weighted by molar-refractivity contribution is 7.89. The van der Waals surface area contributed by atoms with Crippen LogP contribution in [-0.2, 0) is 10.0 Å². The van der Waals surface area contributed by atoms with Crippen LogP contribution in [0.2, 0.25) is 0 Å². The Morgan fingerprint density at radius 2 is 2.29 bits per heavy atom. The fourth-order valence-corrected chi connectivity index (χ4v) is 3.95. The molecule has 0 spiro atoms. The zero-order valence-electron chi connectivity index (χ0n) is 10.0. The quantitative estimate of drug-likeness (QED) is 0.804. The van der Waals surface area contributed by atoms with Gasteiger partial charge in [-0.1, -0.05) is 6.92 Å². The first-order valence-corrected chi connectivity index (χ1v) is 7.16. The number of sulfonamides is 1. The Morgan fingerprint density at radius 3 is 2.88 bits per heavy atom. The molecule has 1 aliphatic heterocycles. The van der Waals surface area contributed by atoms with Crippen LogP contribution < -0.4 is 5.73 Å². The number of piperidine rings is 1.